The predicted molar refractivity (Wildman–Crippen MR) is 79.6 cm³/mol. The molecule has 1 fully saturated rings. The smallest absolute Gasteiger partial charge is 0.303 e. The summed E-state index contributed by atoms with van der Waals surface area (Å²) in [7, 11) is 1.54. The summed E-state index contributed by atoms with van der Waals surface area (Å²) in [6, 6.07) is 5.65. The molecule has 1 aromatic carbocycles. The Balaban J connectivity index is 1.98. The summed E-state index contributed by atoms with van der Waals surface area (Å²) >= 11 is 0. The third-order valence-corrected chi connectivity index (χ3v) is 4.35. The SMILES string of the molecule is COc1cc(C(C)N2CCC(CC(=O)O)CC2)ccc1O. The number of benzene rings is 1. The van der Waals surface area contributed by atoms with Gasteiger partial charge in [0.2, 0.25) is 0 Å². The first-order valence-electron chi connectivity index (χ1n) is 7.34. The minimum absolute atomic E-state index is 0.147. The van der Waals surface area contributed by atoms with E-state index in [2.05, 4.69) is 11.8 Å². The number of nitrogens with zero attached hydrogens (tertiary/aromatic N) is 1. The molecule has 1 heterocycles. The van der Waals surface area contributed by atoms with E-state index < -0.39 is 5.97 Å². The van der Waals surface area contributed by atoms with Gasteiger partial charge in [0, 0.05) is 12.5 Å². The van der Waals surface area contributed by atoms with E-state index in [1.54, 1.807) is 13.2 Å². The van der Waals surface area contributed by atoms with Gasteiger partial charge in [0.05, 0.1) is 7.11 Å². The molecule has 5 heteroatoms. The van der Waals surface area contributed by atoms with Crippen LogP contribution in [0.25, 0.3) is 0 Å². The number of carboxylic acids is 1. The molecule has 0 radical (unpaired) electrons. The molecule has 0 aromatic heterocycles. The van der Waals surface area contributed by atoms with Crippen molar-refractivity contribution >= 4 is 5.97 Å². The second kappa shape index (κ2) is 6.80. The van der Waals surface area contributed by atoms with Gasteiger partial charge in [-0.15, -0.1) is 0 Å². The van der Waals surface area contributed by atoms with Crippen LogP contribution in [0.5, 0.6) is 11.5 Å². The number of piperidine rings is 1. The molecule has 5 nitrogen and oxygen atoms in total. The van der Waals surface area contributed by atoms with Crippen LogP contribution in [0.2, 0.25) is 0 Å². The molecule has 1 unspecified atom stereocenters. The zero-order valence-corrected chi connectivity index (χ0v) is 12.6. The first-order chi connectivity index (χ1) is 10.0. The van der Waals surface area contributed by atoms with Crippen molar-refractivity contribution in [2.24, 2.45) is 5.92 Å². The minimum atomic E-state index is -0.704. The molecule has 21 heavy (non-hydrogen) atoms. The first kappa shape index (κ1) is 15.6. The summed E-state index contributed by atoms with van der Waals surface area (Å²) in [4.78, 5) is 13.1. The Kier molecular flexibility index (Phi) is 5.07. The summed E-state index contributed by atoms with van der Waals surface area (Å²) < 4.78 is 5.15. The summed E-state index contributed by atoms with van der Waals surface area (Å²) in [5.41, 5.74) is 1.10. The molecule has 1 saturated heterocycles. The Morgan fingerprint density at radius 2 is 2.10 bits per heavy atom. The second-order valence-corrected chi connectivity index (χ2v) is 5.68. The van der Waals surface area contributed by atoms with Gasteiger partial charge in [0.15, 0.2) is 11.5 Å². The Bertz CT molecular complexity index is 495. The number of likely N-dealkylation sites (tertiary alicyclic amines) is 1. The summed E-state index contributed by atoms with van der Waals surface area (Å²) in [5.74, 6) is 0.221. The summed E-state index contributed by atoms with van der Waals surface area (Å²) in [6.07, 6.45) is 2.12. The molecule has 1 atom stereocenters. The van der Waals surface area contributed by atoms with Crippen LogP contribution in [-0.4, -0.2) is 41.3 Å². The van der Waals surface area contributed by atoms with Crippen LogP contribution in [0.4, 0.5) is 0 Å². The third kappa shape index (κ3) is 3.88. The molecule has 1 aliphatic rings. The molecule has 0 bridgehead atoms. The normalized spacial score (nSPS) is 18.4. The van der Waals surface area contributed by atoms with Crippen LogP contribution in [0, 0.1) is 5.92 Å². The van der Waals surface area contributed by atoms with Crippen molar-refractivity contribution in [2.75, 3.05) is 20.2 Å². The van der Waals surface area contributed by atoms with E-state index >= 15 is 0 Å². The van der Waals surface area contributed by atoms with Crippen LogP contribution < -0.4 is 4.74 Å². The average molecular weight is 293 g/mol. The zero-order chi connectivity index (χ0) is 15.4. The Labute approximate surface area is 125 Å². The van der Waals surface area contributed by atoms with Crippen molar-refractivity contribution in [3.63, 3.8) is 0 Å². The molecule has 2 N–H and O–H groups in total. The number of phenols is 1. The highest BCUT2D eigenvalue weighted by Crippen LogP contribution is 2.33. The van der Waals surface area contributed by atoms with Crippen molar-refractivity contribution in [2.45, 2.75) is 32.2 Å². The van der Waals surface area contributed by atoms with Crippen molar-refractivity contribution in [3.05, 3.63) is 23.8 Å². The minimum Gasteiger partial charge on any atom is -0.504 e. The van der Waals surface area contributed by atoms with Gasteiger partial charge in [-0.2, -0.15) is 0 Å². The zero-order valence-electron chi connectivity index (χ0n) is 12.6. The number of ether oxygens (including phenoxy) is 1. The average Bonchev–Trinajstić information content (AvgIpc) is 2.47. The van der Waals surface area contributed by atoms with E-state index in [0.717, 1.165) is 31.5 Å². The number of rotatable bonds is 5. The van der Waals surface area contributed by atoms with Crippen molar-refractivity contribution in [1.29, 1.82) is 0 Å². The second-order valence-electron chi connectivity index (χ2n) is 5.68. The van der Waals surface area contributed by atoms with Gasteiger partial charge in [-0.1, -0.05) is 6.07 Å². The van der Waals surface area contributed by atoms with E-state index in [-0.39, 0.29) is 18.2 Å². The van der Waals surface area contributed by atoms with E-state index in [9.17, 15) is 9.90 Å². The summed E-state index contributed by atoms with van der Waals surface area (Å²) in [6.45, 7) is 3.94. The van der Waals surface area contributed by atoms with Crippen LogP contribution in [0.3, 0.4) is 0 Å². The number of methoxy groups -OCH3 is 1. The highest BCUT2D eigenvalue weighted by atomic mass is 16.5. The standard InChI is InChI=1S/C16H23NO4/c1-11(13-3-4-14(18)15(10-13)21-2)17-7-5-12(6-8-17)9-16(19)20/h3-4,10-12,18H,5-9H2,1-2H3,(H,19,20). The maximum absolute atomic E-state index is 10.8. The largest absolute Gasteiger partial charge is 0.504 e. The van der Waals surface area contributed by atoms with Gasteiger partial charge >= 0.3 is 5.97 Å². The predicted octanol–water partition coefficient (Wildman–Crippen LogP) is 2.65. The number of carbonyl (C=O) groups is 1. The molecule has 0 spiro atoms. The molecule has 1 aliphatic heterocycles. The number of aromatic hydroxyl groups is 1. The van der Waals surface area contributed by atoms with Gasteiger partial charge < -0.3 is 14.9 Å². The molecule has 0 amide bonds. The maximum atomic E-state index is 10.8. The van der Waals surface area contributed by atoms with Gasteiger partial charge in [-0.05, 0) is 56.5 Å². The van der Waals surface area contributed by atoms with Crippen molar-refractivity contribution in [3.8, 4) is 11.5 Å². The molecule has 2 rings (SSSR count). The number of aliphatic carboxylic acids is 1. The Morgan fingerprint density at radius 3 is 2.67 bits per heavy atom. The van der Waals surface area contributed by atoms with Crippen LogP contribution in [0.1, 0.15) is 37.8 Å². The fraction of sp³-hybridized carbons (Fsp3) is 0.562. The molecule has 116 valence electrons. The Morgan fingerprint density at radius 1 is 1.43 bits per heavy atom. The van der Waals surface area contributed by atoms with Crippen LogP contribution >= 0.6 is 0 Å². The van der Waals surface area contributed by atoms with Gasteiger partial charge in [-0.25, -0.2) is 0 Å². The van der Waals surface area contributed by atoms with Crippen molar-refractivity contribution in [1.82, 2.24) is 4.90 Å². The van der Waals surface area contributed by atoms with Crippen LogP contribution in [0.15, 0.2) is 18.2 Å². The molecule has 0 saturated carbocycles. The molecule has 1 aromatic rings. The van der Waals surface area contributed by atoms with E-state index in [4.69, 9.17) is 9.84 Å². The monoisotopic (exact) mass is 293 g/mol. The van der Waals surface area contributed by atoms with Crippen molar-refractivity contribution < 1.29 is 19.7 Å². The molecular weight excluding hydrogens is 270 g/mol. The number of phenolic OH excluding ortho intramolecular Hbond substituents is 1. The Hall–Kier alpha value is -1.75. The lowest BCUT2D eigenvalue weighted by Crippen LogP contribution is -2.36. The number of hydrogen-bond acceptors (Lipinski definition) is 4. The fourth-order valence-electron chi connectivity index (χ4n) is 2.96. The molecular formula is C16H23NO4. The number of hydrogen-bond donors (Lipinski definition) is 2. The topological polar surface area (TPSA) is 70.0 Å². The van der Waals surface area contributed by atoms with E-state index in [0.29, 0.717) is 11.7 Å². The third-order valence-electron chi connectivity index (χ3n) is 4.35. The van der Waals surface area contributed by atoms with Gasteiger partial charge in [-0.3, -0.25) is 9.69 Å². The maximum Gasteiger partial charge on any atom is 0.303 e. The highest BCUT2D eigenvalue weighted by molar-refractivity contribution is 5.67. The van der Waals surface area contributed by atoms with Gasteiger partial charge in [0.25, 0.3) is 0 Å². The van der Waals surface area contributed by atoms with E-state index in [1.807, 2.05) is 12.1 Å². The fourth-order valence-corrected chi connectivity index (χ4v) is 2.96. The quantitative estimate of drug-likeness (QED) is 0.873. The number of carboxylic acid groups (broad SMARTS) is 1. The van der Waals surface area contributed by atoms with E-state index in [1.165, 1.54) is 0 Å². The lowest BCUT2D eigenvalue weighted by atomic mass is 9.92. The first-order valence-corrected chi connectivity index (χ1v) is 7.34. The molecule has 0 aliphatic carbocycles. The lowest BCUT2D eigenvalue weighted by Gasteiger charge is -2.36. The summed E-state index contributed by atoms with van der Waals surface area (Å²) in [5, 5.41) is 18.5. The van der Waals surface area contributed by atoms with Gasteiger partial charge in [0.1, 0.15) is 0 Å². The highest BCUT2D eigenvalue weighted by Gasteiger charge is 2.25. The lowest BCUT2D eigenvalue weighted by molar-refractivity contribution is -0.138. The van der Waals surface area contributed by atoms with Crippen LogP contribution in [-0.2, 0) is 4.79 Å².